The van der Waals surface area contributed by atoms with Gasteiger partial charge in [0.1, 0.15) is 0 Å². The van der Waals surface area contributed by atoms with Crippen LogP contribution in [0.2, 0.25) is 5.02 Å². The lowest BCUT2D eigenvalue weighted by Gasteiger charge is -2.09. The molecule has 2 aromatic rings. The van der Waals surface area contributed by atoms with E-state index in [4.69, 9.17) is 11.6 Å². The van der Waals surface area contributed by atoms with Crippen molar-refractivity contribution in [2.75, 3.05) is 0 Å². The minimum absolute atomic E-state index is 0.778. The van der Waals surface area contributed by atoms with Gasteiger partial charge in [0, 0.05) is 10.9 Å². The molecule has 2 aromatic carbocycles. The van der Waals surface area contributed by atoms with E-state index in [2.05, 4.69) is 38.1 Å². The highest BCUT2D eigenvalue weighted by molar-refractivity contribution is 6.30. The van der Waals surface area contributed by atoms with E-state index in [1.807, 2.05) is 24.3 Å². The molecule has 0 saturated heterocycles. The van der Waals surface area contributed by atoms with E-state index in [9.17, 15) is 0 Å². The second-order valence-electron chi connectivity index (χ2n) is 4.22. The van der Waals surface area contributed by atoms with Gasteiger partial charge >= 0.3 is 0 Å². The Bertz CT molecular complexity index is 468. The summed E-state index contributed by atoms with van der Waals surface area (Å²) in [5, 5.41) is 0.778. The molecule has 0 saturated carbocycles. The summed E-state index contributed by atoms with van der Waals surface area (Å²) in [7, 11) is 0. The van der Waals surface area contributed by atoms with E-state index in [0.717, 1.165) is 11.4 Å². The second-order valence-corrected chi connectivity index (χ2v) is 4.65. The van der Waals surface area contributed by atoms with E-state index < -0.39 is 0 Å². The van der Waals surface area contributed by atoms with Crippen LogP contribution in [0.4, 0.5) is 0 Å². The van der Waals surface area contributed by atoms with Crippen LogP contribution in [0.3, 0.4) is 0 Å². The van der Waals surface area contributed by atoms with Crippen LogP contribution in [0.5, 0.6) is 0 Å². The summed E-state index contributed by atoms with van der Waals surface area (Å²) in [6, 6.07) is 16.6. The zero-order valence-corrected chi connectivity index (χ0v) is 11.0. The molecule has 17 heavy (non-hydrogen) atoms. The number of hydrogen-bond acceptors (Lipinski definition) is 0. The molecule has 0 bridgehead atoms. The molecule has 0 atom stereocenters. The van der Waals surface area contributed by atoms with Crippen LogP contribution in [-0.4, -0.2) is 0 Å². The predicted octanol–water partition coefficient (Wildman–Crippen LogP) is 5.36. The van der Waals surface area contributed by atoms with Gasteiger partial charge in [0.25, 0.3) is 0 Å². The van der Waals surface area contributed by atoms with Crippen LogP contribution in [0, 0.1) is 5.92 Å². The molecule has 0 aromatic heterocycles. The highest BCUT2D eigenvalue weighted by atomic mass is 35.5. The van der Waals surface area contributed by atoms with Crippen LogP contribution in [-0.2, 0) is 0 Å². The van der Waals surface area contributed by atoms with Gasteiger partial charge < -0.3 is 0 Å². The first kappa shape index (κ1) is 12.2. The summed E-state index contributed by atoms with van der Waals surface area (Å²) >= 11 is 5.88. The quantitative estimate of drug-likeness (QED) is 0.681. The van der Waals surface area contributed by atoms with E-state index in [1.165, 1.54) is 22.6 Å². The average molecular weight is 244 g/mol. The fourth-order valence-corrected chi connectivity index (χ4v) is 1.92. The molecule has 87 valence electrons. The third-order valence-corrected chi connectivity index (χ3v) is 3.34. The SMILES string of the molecule is CC[C](C)c1ccc(-c2ccc(Cl)cc2)cc1. The number of benzene rings is 2. The molecule has 1 radical (unpaired) electrons. The molecule has 0 fully saturated rings. The average Bonchev–Trinajstić information content (AvgIpc) is 2.39. The normalized spacial score (nSPS) is 10.8. The maximum Gasteiger partial charge on any atom is 0.0406 e. The van der Waals surface area contributed by atoms with Gasteiger partial charge in [-0.2, -0.15) is 0 Å². The van der Waals surface area contributed by atoms with Crippen molar-refractivity contribution in [2.24, 2.45) is 0 Å². The first-order chi connectivity index (χ1) is 8.20. The third kappa shape index (κ3) is 2.89. The molecule has 0 aliphatic heterocycles. The summed E-state index contributed by atoms with van der Waals surface area (Å²) in [5.74, 6) is 1.42. The fourth-order valence-electron chi connectivity index (χ4n) is 1.79. The Balaban J connectivity index is 2.26. The van der Waals surface area contributed by atoms with Gasteiger partial charge in [0.2, 0.25) is 0 Å². The van der Waals surface area contributed by atoms with E-state index in [0.29, 0.717) is 0 Å². The van der Waals surface area contributed by atoms with Crippen molar-refractivity contribution < 1.29 is 0 Å². The van der Waals surface area contributed by atoms with Crippen molar-refractivity contribution in [1.82, 2.24) is 0 Å². The highest BCUT2D eigenvalue weighted by Gasteiger charge is 2.03. The van der Waals surface area contributed by atoms with E-state index in [1.54, 1.807) is 0 Å². The minimum atomic E-state index is 0.778. The van der Waals surface area contributed by atoms with E-state index in [-0.39, 0.29) is 0 Å². The fraction of sp³-hybridized carbons (Fsp3) is 0.188. The lowest BCUT2D eigenvalue weighted by atomic mass is 9.96. The van der Waals surface area contributed by atoms with Crippen LogP contribution in [0.15, 0.2) is 48.5 Å². The van der Waals surface area contributed by atoms with Gasteiger partial charge in [-0.1, -0.05) is 61.8 Å². The Labute approximate surface area is 108 Å². The van der Waals surface area contributed by atoms with Crippen LogP contribution in [0.25, 0.3) is 11.1 Å². The zero-order chi connectivity index (χ0) is 12.3. The standard InChI is InChI=1S/C16H16Cl/c1-3-12(2)13-4-6-14(7-5-13)15-8-10-16(17)11-9-15/h4-11H,3H2,1-2H3. The lowest BCUT2D eigenvalue weighted by molar-refractivity contribution is 0.958. The molecule has 0 amide bonds. The molecule has 0 heterocycles. The number of halogens is 1. The first-order valence-corrected chi connectivity index (χ1v) is 6.27. The van der Waals surface area contributed by atoms with Gasteiger partial charge in [0.05, 0.1) is 0 Å². The molecule has 0 N–H and O–H groups in total. The molecule has 0 aliphatic carbocycles. The van der Waals surface area contributed by atoms with Gasteiger partial charge in [-0.15, -0.1) is 0 Å². The topological polar surface area (TPSA) is 0 Å². The van der Waals surface area contributed by atoms with Crippen molar-refractivity contribution in [2.45, 2.75) is 20.3 Å². The second kappa shape index (κ2) is 5.37. The summed E-state index contributed by atoms with van der Waals surface area (Å²) < 4.78 is 0. The van der Waals surface area contributed by atoms with Crippen LogP contribution < -0.4 is 0 Å². The van der Waals surface area contributed by atoms with E-state index >= 15 is 0 Å². The number of rotatable bonds is 3. The smallest absolute Gasteiger partial charge is 0.0406 e. The molecular formula is C16H16Cl. The Hall–Kier alpha value is -1.27. The van der Waals surface area contributed by atoms with Crippen molar-refractivity contribution in [3.8, 4) is 11.1 Å². The monoisotopic (exact) mass is 243 g/mol. The lowest BCUT2D eigenvalue weighted by Crippen LogP contribution is -1.91. The largest absolute Gasteiger partial charge is 0.0843 e. The van der Waals surface area contributed by atoms with Gasteiger partial charge in [-0.3, -0.25) is 0 Å². The summed E-state index contributed by atoms with van der Waals surface area (Å²) in [4.78, 5) is 0. The summed E-state index contributed by atoms with van der Waals surface area (Å²) in [6.07, 6.45) is 1.10. The molecule has 0 nitrogen and oxygen atoms in total. The van der Waals surface area contributed by atoms with Crippen molar-refractivity contribution in [3.63, 3.8) is 0 Å². The Morgan fingerprint density at radius 1 is 0.882 bits per heavy atom. The molecule has 1 heteroatoms. The molecule has 2 rings (SSSR count). The zero-order valence-electron chi connectivity index (χ0n) is 10.2. The van der Waals surface area contributed by atoms with Gasteiger partial charge in [-0.25, -0.2) is 0 Å². The van der Waals surface area contributed by atoms with Crippen molar-refractivity contribution in [3.05, 3.63) is 65.0 Å². The molecule has 0 spiro atoms. The van der Waals surface area contributed by atoms with Crippen LogP contribution in [0.1, 0.15) is 25.8 Å². The van der Waals surface area contributed by atoms with Crippen LogP contribution >= 0.6 is 11.6 Å². The van der Waals surface area contributed by atoms with Crippen molar-refractivity contribution >= 4 is 11.6 Å². The van der Waals surface area contributed by atoms with Gasteiger partial charge in [0.15, 0.2) is 0 Å². The Morgan fingerprint density at radius 3 is 1.82 bits per heavy atom. The minimum Gasteiger partial charge on any atom is -0.0843 e. The Kier molecular flexibility index (Phi) is 3.86. The van der Waals surface area contributed by atoms with Gasteiger partial charge in [-0.05, 0) is 35.2 Å². The Morgan fingerprint density at radius 2 is 1.35 bits per heavy atom. The number of hydrogen-bond donors (Lipinski definition) is 0. The maximum atomic E-state index is 5.88. The molecule has 0 unspecified atom stereocenters. The van der Waals surface area contributed by atoms with Crippen molar-refractivity contribution in [1.29, 1.82) is 0 Å². The third-order valence-electron chi connectivity index (χ3n) is 3.09. The first-order valence-electron chi connectivity index (χ1n) is 5.89. The predicted molar refractivity (Wildman–Crippen MR) is 75.2 cm³/mol. The maximum absolute atomic E-state index is 5.88. The molecular weight excluding hydrogens is 228 g/mol. The molecule has 0 aliphatic rings. The highest BCUT2D eigenvalue weighted by Crippen LogP contribution is 2.24. The summed E-state index contributed by atoms with van der Waals surface area (Å²) in [5.41, 5.74) is 3.76. The summed E-state index contributed by atoms with van der Waals surface area (Å²) in [6.45, 7) is 4.36.